The van der Waals surface area contributed by atoms with Crippen LogP contribution in [0.1, 0.15) is 23.2 Å². The molecule has 9 heteroatoms. The lowest BCUT2D eigenvalue weighted by molar-refractivity contribution is -0.121. The summed E-state index contributed by atoms with van der Waals surface area (Å²) in [5.41, 5.74) is 1.72. The third kappa shape index (κ3) is 3.93. The van der Waals surface area contributed by atoms with Gasteiger partial charge in [0.15, 0.2) is 0 Å². The molecule has 0 bridgehead atoms. The number of nitrogens with zero attached hydrogens (tertiary/aromatic N) is 5. The summed E-state index contributed by atoms with van der Waals surface area (Å²) < 4.78 is 6.76. The number of piperidine rings is 1. The molecule has 1 unspecified atom stereocenters. The first-order valence-corrected chi connectivity index (χ1v) is 9.24. The van der Waals surface area contributed by atoms with Crippen LogP contribution in [0.3, 0.4) is 0 Å². The molecular formula is C20H20N6O3. The number of methoxy groups -OCH3 is 1. The van der Waals surface area contributed by atoms with Gasteiger partial charge in [0.25, 0.3) is 5.91 Å². The van der Waals surface area contributed by atoms with Crippen molar-refractivity contribution in [3.63, 3.8) is 0 Å². The van der Waals surface area contributed by atoms with Gasteiger partial charge in [-0.15, -0.1) is 5.10 Å². The normalized spacial score (nSPS) is 16.5. The van der Waals surface area contributed by atoms with Gasteiger partial charge in [-0.1, -0.05) is 11.3 Å². The van der Waals surface area contributed by atoms with Crippen LogP contribution in [0.5, 0.6) is 5.75 Å². The van der Waals surface area contributed by atoms with Gasteiger partial charge in [-0.2, -0.15) is 0 Å². The van der Waals surface area contributed by atoms with E-state index in [1.165, 1.54) is 10.9 Å². The molecule has 1 aliphatic rings. The second-order valence-corrected chi connectivity index (χ2v) is 6.64. The van der Waals surface area contributed by atoms with Crippen molar-refractivity contribution >= 4 is 17.5 Å². The molecule has 1 N–H and O–H groups in total. The number of aromatic nitrogens is 4. The van der Waals surface area contributed by atoms with E-state index < -0.39 is 6.04 Å². The monoisotopic (exact) mass is 392 g/mol. The van der Waals surface area contributed by atoms with Gasteiger partial charge in [0.1, 0.15) is 11.8 Å². The number of benzene rings is 1. The fourth-order valence-corrected chi connectivity index (χ4v) is 3.31. The smallest absolute Gasteiger partial charge is 0.253 e. The van der Waals surface area contributed by atoms with Crippen LogP contribution in [0.25, 0.3) is 5.69 Å². The summed E-state index contributed by atoms with van der Waals surface area (Å²) >= 11 is 0. The number of carbonyl (C=O) groups excluding carboxylic acids is 2. The molecule has 4 rings (SSSR count). The Morgan fingerprint density at radius 2 is 2.14 bits per heavy atom. The lowest BCUT2D eigenvalue weighted by Crippen LogP contribution is -2.52. The Morgan fingerprint density at radius 1 is 1.24 bits per heavy atom. The number of amides is 2. The van der Waals surface area contributed by atoms with Crippen LogP contribution >= 0.6 is 0 Å². The van der Waals surface area contributed by atoms with E-state index in [2.05, 4.69) is 20.6 Å². The van der Waals surface area contributed by atoms with Crippen LogP contribution in [0.2, 0.25) is 0 Å². The van der Waals surface area contributed by atoms with Crippen LogP contribution in [0, 0.1) is 0 Å². The maximum absolute atomic E-state index is 13.0. The van der Waals surface area contributed by atoms with E-state index in [0.717, 1.165) is 12.1 Å². The van der Waals surface area contributed by atoms with E-state index in [-0.39, 0.29) is 11.8 Å². The standard InChI is InChI=1S/C20H20N6O3/c1-29-17-5-2-4-15(11-17)25-8-3-6-18(20(25)28)23-19(27)14-10-16(13-21-12-14)26-9-7-22-24-26/h2,4-5,7,9-13,18H,3,6,8H2,1H3,(H,23,27). The Labute approximate surface area is 167 Å². The Balaban J connectivity index is 1.49. The number of hydrogen-bond acceptors (Lipinski definition) is 6. The van der Waals surface area contributed by atoms with Crippen molar-refractivity contribution in [2.45, 2.75) is 18.9 Å². The van der Waals surface area contributed by atoms with Gasteiger partial charge in [0, 0.05) is 24.5 Å². The second kappa shape index (κ2) is 8.09. The molecule has 1 fully saturated rings. The van der Waals surface area contributed by atoms with Gasteiger partial charge < -0.3 is 15.0 Å². The minimum absolute atomic E-state index is 0.141. The predicted molar refractivity (Wildman–Crippen MR) is 105 cm³/mol. The fourth-order valence-electron chi connectivity index (χ4n) is 3.31. The summed E-state index contributed by atoms with van der Waals surface area (Å²) in [6, 6.07) is 8.39. The van der Waals surface area contributed by atoms with E-state index in [1.807, 2.05) is 24.3 Å². The summed E-state index contributed by atoms with van der Waals surface area (Å²) in [6.45, 7) is 0.599. The summed E-state index contributed by atoms with van der Waals surface area (Å²) in [4.78, 5) is 31.5. The average Bonchev–Trinajstić information content (AvgIpc) is 3.30. The molecule has 2 aromatic heterocycles. The highest BCUT2D eigenvalue weighted by molar-refractivity contribution is 6.03. The highest BCUT2D eigenvalue weighted by Gasteiger charge is 2.31. The molecule has 148 valence electrons. The topological polar surface area (TPSA) is 102 Å². The van der Waals surface area contributed by atoms with Crippen LogP contribution in [-0.4, -0.2) is 51.5 Å². The van der Waals surface area contributed by atoms with Gasteiger partial charge >= 0.3 is 0 Å². The lowest BCUT2D eigenvalue weighted by Gasteiger charge is -2.32. The van der Waals surface area contributed by atoms with Crippen molar-refractivity contribution in [1.29, 1.82) is 0 Å². The molecule has 0 aliphatic carbocycles. The highest BCUT2D eigenvalue weighted by Crippen LogP contribution is 2.25. The molecule has 0 saturated carbocycles. The van der Waals surface area contributed by atoms with Gasteiger partial charge in [-0.25, -0.2) is 4.68 Å². The van der Waals surface area contributed by atoms with Gasteiger partial charge in [-0.05, 0) is 31.0 Å². The second-order valence-electron chi connectivity index (χ2n) is 6.64. The molecule has 3 aromatic rings. The zero-order chi connectivity index (χ0) is 20.2. The number of hydrogen-bond donors (Lipinski definition) is 1. The third-order valence-electron chi connectivity index (χ3n) is 4.78. The molecule has 1 atom stereocenters. The quantitative estimate of drug-likeness (QED) is 0.708. The number of pyridine rings is 1. The Bertz CT molecular complexity index is 1020. The third-order valence-corrected chi connectivity index (χ3v) is 4.78. The number of nitrogens with one attached hydrogen (secondary N) is 1. The molecule has 1 aromatic carbocycles. The molecule has 2 amide bonds. The first-order valence-electron chi connectivity index (χ1n) is 9.24. The van der Waals surface area contributed by atoms with E-state index >= 15 is 0 Å². The average molecular weight is 392 g/mol. The Morgan fingerprint density at radius 3 is 2.93 bits per heavy atom. The van der Waals surface area contributed by atoms with Crippen LogP contribution in [-0.2, 0) is 4.79 Å². The SMILES string of the molecule is COc1cccc(N2CCCC(NC(=O)c3cncc(-n4ccnn4)c3)C2=O)c1. The van der Waals surface area contributed by atoms with Gasteiger partial charge in [0.05, 0.1) is 37.0 Å². The van der Waals surface area contributed by atoms with Crippen molar-refractivity contribution in [3.8, 4) is 11.4 Å². The number of anilines is 1. The van der Waals surface area contributed by atoms with Crippen molar-refractivity contribution in [2.24, 2.45) is 0 Å². The predicted octanol–water partition coefficient (Wildman–Crippen LogP) is 1.60. The first kappa shape index (κ1) is 18.6. The molecule has 3 heterocycles. The molecule has 9 nitrogen and oxygen atoms in total. The zero-order valence-corrected chi connectivity index (χ0v) is 15.9. The summed E-state index contributed by atoms with van der Waals surface area (Å²) in [5, 5.41) is 10.5. The largest absolute Gasteiger partial charge is 0.497 e. The van der Waals surface area contributed by atoms with E-state index in [9.17, 15) is 9.59 Å². The number of carbonyl (C=O) groups is 2. The van der Waals surface area contributed by atoms with Crippen molar-refractivity contribution in [1.82, 2.24) is 25.3 Å². The van der Waals surface area contributed by atoms with E-state index in [0.29, 0.717) is 30.0 Å². The van der Waals surface area contributed by atoms with Crippen LogP contribution in [0.15, 0.2) is 55.1 Å². The molecular weight excluding hydrogens is 372 g/mol. The number of ether oxygens (including phenoxy) is 1. The van der Waals surface area contributed by atoms with Crippen molar-refractivity contribution < 1.29 is 14.3 Å². The molecule has 29 heavy (non-hydrogen) atoms. The minimum Gasteiger partial charge on any atom is -0.497 e. The van der Waals surface area contributed by atoms with Crippen molar-refractivity contribution in [2.75, 3.05) is 18.6 Å². The Hall–Kier alpha value is -3.75. The first-order chi connectivity index (χ1) is 14.2. The van der Waals surface area contributed by atoms with E-state index in [1.54, 1.807) is 36.7 Å². The maximum atomic E-state index is 13.0. The molecule has 1 saturated heterocycles. The summed E-state index contributed by atoms with van der Waals surface area (Å²) in [6.07, 6.45) is 7.62. The van der Waals surface area contributed by atoms with Gasteiger partial charge in [-0.3, -0.25) is 14.6 Å². The summed E-state index contributed by atoms with van der Waals surface area (Å²) in [7, 11) is 1.58. The molecule has 0 radical (unpaired) electrons. The van der Waals surface area contributed by atoms with Crippen molar-refractivity contribution in [3.05, 3.63) is 60.7 Å². The maximum Gasteiger partial charge on any atom is 0.253 e. The van der Waals surface area contributed by atoms with Crippen LogP contribution in [0.4, 0.5) is 5.69 Å². The van der Waals surface area contributed by atoms with Crippen LogP contribution < -0.4 is 15.0 Å². The summed E-state index contributed by atoms with van der Waals surface area (Å²) in [5.74, 6) is 0.181. The minimum atomic E-state index is -0.600. The fraction of sp³-hybridized carbons (Fsp3) is 0.250. The van der Waals surface area contributed by atoms with E-state index in [4.69, 9.17) is 4.74 Å². The van der Waals surface area contributed by atoms with Gasteiger partial charge in [0.2, 0.25) is 5.91 Å². The molecule has 1 aliphatic heterocycles. The zero-order valence-electron chi connectivity index (χ0n) is 15.9. The molecule has 0 spiro atoms. The highest BCUT2D eigenvalue weighted by atomic mass is 16.5. The number of rotatable bonds is 5. The lowest BCUT2D eigenvalue weighted by atomic mass is 10.0. The Kier molecular flexibility index (Phi) is 5.19.